The van der Waals surface area contributed by atoms with E-state index in [9.17, 15) is 16.8 Å². The standard InChI is InChI=1S/C11H23NO4S2/c1-3-12-8-10(4-6-17(2,13)14)11-5-7-18(15,16)9-11/h10-12H,3-9H2,1-2H3. The van der Waals surface area contributed by atoms with Gasteiger partial charge in [-0.15, -0.1) is 0 Å². The second-order valence-electron chi connectivity index (χ2n) is 5.15. The van der Waals surface area contributed by atoms with Crippen molar-refractivity contribution >= 4 is 19.7 Å². The molecular formula is C11H23NO4S2. The molecule has 2 unspecified atom stereocenters. The Bertz CT molecular complexity index is 455. The third-order valence-electron chi connectivity index (χ3n) is 3.45. The SMILES string of the molecule is CCNCC(CCS(C)(=O)=O)C1CCS(=O)(=O)C1. The zero-order chi connectivity index (χ0) is 13.8. The molecule has 0 radical (unpaired) electrons. The van der Waals surface area contributed by atoms with Gasteiger partial charge >= 0.3 is 0 Å². The summed E-state index contributed by atoms with van der Waals surface area (Å²) in [5.41, 5.74) is 0. The normalized spacial score (nSPS) is 25.1. The highest BCUT2D eigenvalue weighted by Gasteiger charge is 2.33. The molecule has 1 fully saturated rings. The van der Waals surface area contributed by atoms with Crippen LogP contribution in [-0.2, 0) is 19.7 Å². The summed E-state index contributed by atoms with van der Waals surface area (Å²) in [5.74, 6) is 0.846. The topological polar surface area (TPSA) is 80.3 Å². The van der Waals surface area contributed by atoms with E-state index in [-0.39, 0.29) is 29.1 Å². The van der Waals surface area contributed by atoms with E-state index in [1.54, 1.807) is 0 Å². The molecule has 0 bridgehead atoms. The van der Waals surface area contributed by atoms with Crippen molar-refractivity contribution < 1.29 is 16.8 Å². The van der Waals surface area contributed by atoms with Crippen LogP contribution < -0.4 is 5.32 Å². The smallest absolute Gasteiger partial charge is 0.150 e. The van der Waals surface area contributed by atoms with Gasteiger partial charge in [0, 0.05) is 6.26 Å². The van der Waals surface area contributed by atoms with Gasteiger partial charge in [-0.2, -0.15) is 0 Å². The van der Waals surface area contributed by atoms with Crippen LogP contribution in [-0.4, -0.2) is 53.4 Å². The second kappa shape index (κ2) is 6.34. The van der Waals surface area contributed by atoms with Crippen molar-refractivity contribution in [3.05, 3.63) is 0 Å². The van der Waals surface area contributed by atoms with Crippen LogP contribution in [0.1, 0.15) is 19.8 Å². The lowest BCUT2D eigenvalue weighted by atomic mass is 9.89. The first-order chi connectivity index (χ1) is 8.23. The van der Waals surface area contributed by atoms with Crippen LogP contribution in [0.4, 0.5) is 0 Å². The molecule has 1 aliphatic heterocycles. The number of hydrogen-bond donors (Lipinski definition) is 1. The lowest BCUT2D eigenvalue weighted by Crippen LogP contribution is -2.30. The lowest BCUT2D eigenvalue weighted by molar-refractivity contribution is 0.339. The Kier molecular flexibility index (Phi) is 5.61. The maximum Gasteiger partial charge on any atom is 0.150 e. The van der Waals surface area contributed by atoms with Gasteiger partial charge in [0.2, 0.25) is 0 Å². The largest absolute Gasteiger partial charge is 0.317 e. The maximum atomic E-state index is 11.5. The molecule has 1 aliphatic rings. The number of sulfone groups is 2. The van der Waals surface area contributed by atoms with Crippen LogP contribution in [0.3, 0.4) is 0 Å². The Morgan fingerprint density at radius 1 is 1.39 bits per heavy atom. The third kappa shape index (κ3) is 5.67. The van der Waals surface area contributed by atoms with E-state index in [2.05, 4.69) is 5.32 Å². The van der Waals surface area contributed by atoms with Crippen LogP contribution in [0, 0.1) is 11.8 Å². The molecule has 1 heterocycles. The van der Waals surface area contributed by atoms with Crippen molar-refractivity contribution in [1.82, 2.24) is 5.32 Å². The van der Waals surface area contributed by atoms with Crippen LogP contribution >= 0.6 is 0 Å². The van der Waals surface area contributed by atoms with Gasteiger partial charge in [0.15, 0.2) is 9.84 Å². The first kappa shape index (κ1) is 15.9. The molecule has 0 aromatic carbocycles. The molecule has 0 aromatic heterocycles. The maximum absolute atomic E-state index is 11.5. The summed E-state index contributed by atoms with van der Waals surface area (Å²) in [6.45, 7) is 3.50. The zero-order valence-electron chi connectivity index (χ0n) is 11.1. The molecule has 0 saturated carbocycles. The molecule has 108 valence electrons. The summed E-state index contributed by atoms with van der Waals surface area (Å²) in [6, 6.07) is 0. The minimum absolute atomic E-state index is 0.107. The van der Waals surface area contributed by atoms with Crippen molar-refractivity contribution in [3.63, 3.8) is 0 Å². The molecular weight excluding hydrogens is 274 g/mol. The highest BCUT2D eigenvalue weighted by Crippen LogP contribution is 2.28. The van der Waals surface area contributed by atoms with Gasteiger partial charge in [0.1, 0.15) is 9.84 Å². The molecule has 7 heteroatoms. The highest BCUT2D eigenvalue weighted by molar-refractivity contribution is 7.91. The molecule has 0 spiro atoms. The molecule has 0 aromatic rings. The fourth-order valence-electron chi connectivity index (χ4n) is 2.40. The Morgan fingerprint density at radius 3 is 2.50 bits per heavy atom. The molecule has 1 rings (SSSR count). The minimum Gasteiger partial charge on any atom is -0.317 e. The van der Waals surface area contributed by atoms with E-state index in [1.165, 1.54) is 6.26 Å². The van der Waals surface area contributed by atoms with E-state index in [4.69, 9.17) is 0 Å². The Labute approximate surface area is 110 Å². The Hall–Kier alpha value is -0.140. The predicted octanol–water partition coefficient (Wildman–Crippen LogP) is 0.0815. The molecule has 0 aliphatic carbocycles. The first-order valence-electron chi connectivity index (χ1n) is 6.32. The average molecular weight is 297 g/mol. The van der Waals surface area contributed by atoms with E-state index >= 15 is 0 Å². The molecule has 5 nitrogen and oxygen atoms in total. The summed E-state index contributed by atoms with van der Waals surface area (Å²) in [6.07, 6.45) is 2.44. The Morgan fingerprint density at radius 2 is 2.06 bits per heavy atom. The van der Waals surface area contributed by atoms with Crippen LogP contribution in [0.2, 0.25) is 0 Å². The molecule has 18 heavy (non-hydrogen) atoms. The summed E-state index contributed by atoms with van der Waals surface area (Å²) in [5, 5.41) is 3.20. The monoisotopic (exact) mass is 297 g/mol. The number of rotatable bonds is 7. The van der Waals surface area contributed by atoms with Crippen LogP contribution in [0.15, 0.2) is 0 Å². The van der Waals surface area contributed by atoms with Gasteiger partial charge in [-0.3, -0.25) is 0 Å². The molecule has 1 saturated heterocycles. The van der Waals surface area contributed by atoms with Gasteiger partial charge in [-0.05, 0) is 37.8 Å². The van der Waals surface area contributed by atoms with Crippen molar-refractivity contribution in [2.24, 2.45) is 11.8 Å². The fraction of sp³-hybridized carbons (Fsp3) is 1.00. The van der Waals surface area contributed by atoms with Crippen LogP contribution in [0.25, 0.3) is 0 Å². The van der Waals surface area contributed by atoms with E-state index in [0.29, 0.717) is 19.4 Å². The fourth-order valence-corrected chi connectivity index (χ4v) is 5.05. The van der Waals surface area contributed by atoms with Gasteiger partial charge in [0.25, 0.3) is 0 Å². The molecule has 2 atom stereocenters. The molecule has 0 amide bonds. The minimum atomic E-state index is -2.98. The van der Waals surface area contributed by atoms with Crippen LogP contribution in [0.5, 0.6) is 0 Å². The number of hydrogen-bond acceptors (Lipinski definition) is 5. The molecule has 1 N–H and O–H groups in total. The average Bonchev–Trinajstić information content (AvgIpc) is 2.57. The van der Waals surface area contributed by atoms with E-state index in [1.807, 2.05) is 6.92 Å². The summed E-state index contributed by atoms with van der Waals surface area (Å²) in [4.78, 5) is 0. The quantitative estimate of drug-likeness (QED) is 0.720. The zero-order valence-corrected chi connectivity index (χ0v) is 12.7. The lowest BCUT2D eigenvalue weighted by Gasteiger charge is -2.22. The summed E-state index contributed by atoms with van der Waals surface area (Å²) < 4.78 is 45.4. The third-order valence-corrected chi connectivity index (χ3v) is 6.22. The number of nitrogens with one attached hydrogen (secondary N) is 1. The summed E-state index contributed by atoms with van der Waals surface area (Å²) in [7, 11) is -5.88. The van der Waals surface area contributed by atoms with E-state index < -0.39 is 19.7 Å². The van der Waals surface area contributed by atoms with Crippen molar-refractivity contribution in [3.8, 4) is 0 Å². The van der Waals surface area contributed by atoms with Gasteiger partial charge < -0.3 is 5.32 Å². The highest BCUT2D eigenvalue weighted by atomic mass is 32.2. The first-order valence-corrected chi connectivity index (χ1v) is 10.2. The Balaban J connectivity index is 2.61. The summed E-state index contributed by atoms with van der Waals surface area (Å²) >= 11 is 0. The second-order valence-corrected chi connectivity index (χ2v) is 9.64. The predicted molar refractivity (Wildman–Crippen MR) is 73.1 cm³/mol. The van der Waals surface area contributed by atoms with Gasteiger partial charge in [-0.1, -0.05) is 6.92 Å². The van der Waals surface area contributed by atoms with Crippen molar-refractivity contribution in [1.29, 1.82) is 0 Å². The van der Waals surface area contributed by atoms with Gasteiger partial charge in [0.05, 0.1) is 17.3 Å². The van der Waals surface area contributed by atoms with Crippen molar-refractivity contribution in [2.75, 3.05) is 36.6 Å². The van der Waals surface area contributed by atoms with Crippen molar-refractivity contribution in [2.45, 2.75) is 19.8 Å². The van der Waals surface area contributed by atoms with E-state index in [0.717, 1.165) is 6.54 Å². The van der Waals surface area contributed by atoms with Gasteiger partial charge in [-0.25, -0.2) is 16.8 Å².